The molecule has 0 bridgehead atoms. The predicted octanol–water partition coefficient (Wildman–Crippen LogP) is -5.24. The van der Waals surface area contributed by atoms with Gasteiger partial charge in [-0.2, -0.15) is 0 Å². The third kappa shape index (κ3) is 4.30. The van der Waals surface area contributed by atoms with Crippen LogP contribution in [-0.2, 0) is 18.7 Å². The molecule has 0 saturated heterocycles. The molecule has 8 atom stereocenters. The molecule has 34 heavy (non-hydrogen) atoms. The van der Waals surface area contributed by atoms with Crippen LogP contribution in [-0.4, -0.2) is 45.8 Å². The van der Waals surface area contributed by atoms with E-state index in [-0.39, 0.29) is 84.2 Å². The van der Waals surface area contributed by atoms with Crippen LogP contribution in [0.5, 0.6) is 0 Å². The summed E-state index contributed by atoms with van der Waals surface area (Å²) in [6.45, 7) is 3.68. The molecule has 12 heteroatoms. The number of aliphatic hydroxyl groups excluding tert-OH is 1. The number of phosphoric acid groups is 1. The number of Topliss-reactive ketones (excluding diaryl/α,β-unsaturated/α-hetero) is 1. The van der Waals surface area contributed by atoms with Crippen molar-refractivity contribution in [3.63, 3.8) is 0 Å². The SMILES string of the molecule is C[C@H]1C[C@H]2[C@@H]3CCC4=CC(=O)C=C[C@]4(C)[C@@]3(F)[C@@H](O)C[C@]2(C)[C@@](O)(COP(=O)([O-])[O-])C1=O.[Na+].[Na+]. The number of carbonyl (C=O) groups is 2. The molecule has 0 aromatic rings. The van der Waals surface area contributed by atoms with Crippen molar-refractivity contribution in [3.05, 3.63) is 23.8 Å². The van der Waals surface area contributed by atoms with Crippen LogP contribution in [0.2, 0.25) is 0 Å². The summed E-state index contributed by atoms with van der Waals surface area (Å²) in [7, 11) is -5.49. The van der Waals surface area contributed by atoms with Crippen LogP contribution in [0.25, 0.3) is 0 Å². The smallest absolute Gasteiger partial charge is 0.790 e. The van der Waals surface area contributed by atoms with Gasteiger partial charge in [0.25, 0.3) is 0 Å². The van der Waals surface area contributed by atoms with Crippen LogP contribution in [0, 0.1) is 28.6 Å². The van der Waals surface area contributed by atoms with E-state index >= 15 is 4.39 Å². The standard InChI is InChI=1S/C22H30FO8P.2Na/c1-12-8-16-15-5-4-13-9-14(24)6-7-19(13,2)22(15,23)17(25)10-20(16,3)21(27,18(12)26)11-31-32(28,29)30;;/h6-7,9,12,15-17,25,27H,4-5,8,10-11H2,1-3H3,(H2,28,29,30);;/q;2*+1/p-2/t12-,15-,16-,17-,19-,20-,21+,22-;;/m0../s1. The molecule has 0 unspecified atom stereocenters. The molecule has 0 aliphatic heterocycles. The second-order valence-corrected chi connectivity index (χ2v) is 11.5. The molecule has 4 rings (SSSR count). The number of halogens is 1. The van der Waals surface area contributed by atoms with Gasteiger partial charge in [-0.05, 0) is 50.7 Å². The van der Waals surface area contributed by atoms with Crippen LogP contribution >= 0.6 is 7.82 Å². The van der Waals surface area contributed by atoms with Crippen molar-refractivity contribution < 1.29 is 102 Å². The first-order valence-electron chi connectivity index (χ1n) is 10.8. The zero-order valence-corrected chi connectivity index (χ0v) is 25.1. The number of phosphoric ester groups is 1. The number of hydrogen-bond acceptors (Lipinski definition) is 8. The minimum atomic E-state index is -5.49. The van der Waals surface area contributed by atoms with Crippen molar-refractivity contribution >= 4 is 19.4 Å². The third-order valence-electron chi connectivity index (χ3n) is 8.87. The second-order valence-electron chi connectivity index (χ2n) is 10.3. The van der Waals surface area contributed by atoms with E-state index in [2.05, 4.69) is 4.52 Å². The molecule has 0 radical (unpaired) electrons. The fourth-order valence-electron chi connectivity index (χ4n) is 7.06. The first-order chi connectivity index (χ1) is 14.6. The Kier molecular flexibility index (Phi) is 8.96. The van der Waals surface area contributed by atoms with E-state index < -0.39 is 66.2 Å². The van der Waals surface area contributed by atoms with Gasteiger partial charge < -0.3 is 29.1 Å². The molecule has 0 spiro atoms. The molecule has 0 heterocycles. The summed E-state index contributed by atoms with van der Waals surface area (Å²) >= 11 is 0. The molecule has 3 saturated carbocycles. The normalized spacial score (nSPS) is 45.7. The van der Waals surface area contributed by atoms with E-state index in [4.69, 9.17) is 0 Å². The van der Waals surface area contributed by atoms with Crippen LogP contribution in [0.1, 0.15) is 46.5 Å². The summed E-state index contributed by atoms with van der Waals surface area (Å²) < 4.78 is 32.5. The number of allylic oxidation sites excluding steroid dienone is 4. The number of aliphatic hydroxyl groups is 2. The van der Waals surface area contributed by atoms with E-state index in [1.807, 2.05) is 0 Å². The average Bonchev–Trinajstić information content (AvgIpc) is 2.69. The minimum Gasteiger partial charge on any atom is -0.790 e. The molecular weight excluding hydrogens is 488 g/mol. The molecule has 4 aliphatic rings. The Morgan fingerprint density at radius 2 is 1.85 bits per heavy atom. The summed E-state index contributed by atoms with van der Waals surface area (Å²) in [6, 6.07) is 0. The van der Waals surface area contributed by atoms with Crippen molar-refractivity contribution in [2.24, 2.45) is 28.6 Å². The Hall–Kier alpha value is 0.780. The fraction of sp³-hybridized carbons (Fsp3) is 0.727. The van der Waals surface area contributed by atoms with Gasteiger partial charge in [0, 0.05) is 22.7 Å². The Labute approximate surface area is 242 Å². The molecule has 178 valence electrons. The Bertz CT molecular complexity index is 984. The topological polar surface area (TPSA) is 147 Å². The zero-order chi connectivity index (χ0) is 23.9. The first-order valence-corrected chi connectivity index (χ1v) is 12.3. The van der Waals surface area contributed by atoms with Gasteiger partial charge in [-0.1, -0.05) is 25.5 Å². The first kappa shape index (κ1) is 31.0. The number of fused-ring (bicyclic) bond motifs is 5. The van der Waals surface area contributed by atoms with Crippen molar-refractivity contribution in [1.29, 1.82) is 0 Å². The van der Waals surface area contributed by atoms with Crippen molar-refractivity contribution in [2.75, 3.05) is 6.61 Å². The second kappa shape index (κ2) is 9.83. The summed E-state index contributed by atoms with van der Waals surface area (Å²) in [5.41, 5.74) is -6.59. The maximum atomic E-state index is 17.1. The Morgan fingerprint density at radius 1 is 1.24 bits per heavy atom. The van der Waals surface area contributed by atoms with Crippen molar-refractivity contribution in [3.8, 4) is 0 Å². The van der Waals surface area contributed by atoms with Crippen molar-refractivity contribution in [1.82, 2.24) is 0 Å². The summed E-state index contributed by atoms with van der Waals surface area (Å²) in [5.74, 6) is -3.03. The molecular formula is C22H28FNa2O8P. The molecule has 2 N–H and O–H groups in total. The molecule has 3 fully saturated rings. The zero-order valence-electron chi connectivity index (χ0n) is 20.2. The average molecular weight is 516 g/mol. The quantitative estimate of drug-likeness (QED) is 0.280. The van der Waals surface area contributed by atoms with Gasteiger partial charge >= 0.3 is 59.1 Å². The summed E-state index contributed by atoms with van der Waals surface area (Å²) in [6.07, 6.45) is 3.20. The van der Waals surface area contributed by atoms with E-state index in [1.54, 1.807) is 13.8 Å². The Balaban J connectivity index is 0.00000204. The predicted molar refractivity (Wildman–Crippen MR) is 106 cm³/mol. The largest absolute Gasteiger partial charge is 1.00 e. The number of carbonyl (C=O) groups excluding carboxylic acids is 2. The molecule has 4 aliphatic carbocycles. The molecule has 0 amide bonds. The maximum Gasteiger partial charge on any atom is 1.00 e. The van der Waals surface area contributed by atoms with Gasteiger partial charge in [0.2, 0.25) is 0 Å². The fourth-order valence-corrected chi connectivity index (χ4v) is 7.40. The minimum absolute atomic E-state index is 0. The van der Waals surface area contributed by atoms with Crippen molar-refractivity contribution in [2.45, 2.75) is 63.8 Å². The summed E-state index contributed by atoms with van der Waals surface area (Å²) in [5, 5.41) is 22.7. The number of rotatable bonds is 3. The van der Waals surface area contributed by atoms with Crippen LogP contribution in [0.3, 0.4) is 0 Å². The van der Waals surface area contributed by atoms with E-state index in [9.17, 15) is 34.2 Å². The molecule has 8 nitrogen and oxygen atoms in total. The monoisotopic (exact) mass is 516 g/mol. The molecule has 0 aromatic heterocycles. The van der Waals surface area contributed by atoms with Crippen LogP contribution in [0.4, 0.5) is 4.39 Å². The van der Waals surface area contributed by atoms with E-state index in [0.717, 1.165) is 0 Å². The van der Waals surface area contributed by atoms with E-state index in [0.29, 0.717) is 12.0 Å². The van der Waals surface area contributed by atoms with Gasteiger partial charge in [0.05, 0.1) is 20.5 Å². The van der Waals surface area contributed by atoms with E-state index in [1.165, 1.54) is 25.2 Å². The van der Waals surface area contributed by atoms with Gasteiger partial charge in [-0.3, -0.25) is 9.59 Å². The number of alkyl halides is 1. The maximum absolute atomic E-state index is 17.1. The molecule has 0 aromatic carbocycles. The van der Waals surface area contributed by atoms with Crippen LogP contribution < -0.4 is 68.9 Å². The Morgan fingerprint density at radius 3 is 2.44 bits per heavy atom. The van der Waals surface area contributed by atoms with Crippen LogP contribution in [0.15, 0.2) is 23.8 Å². The third-order valence-corrected chi connectivity index (χ3v) is 9.32. The van der Waals surface area contributed by atoms with Gasteiger partial charge in [-0.25, -0.2) is 4.39 Å². The van der Waals surface area contributed by atoms with Gasteiger partial charge in [-0.15, -0.1) is 0 Å². The number of hydrogen-bond donors (Lipinski definition) is 2. The van der Waals surface area contributed by atoms with Gasteiger partial charge in [0.15, 0.2) is 22.8 Å². The van der Waals surface area contributed by atoms with Gasteiger partial charge in [0.1, 0.15) is 0 Å². The summed E-state index contributed by atoms with van der Waals surface area (Å²) in [4.78, 5) is 47.2. The number of ketones is 2.